The van der Waals surface area contributed by atoms with E-state index in [0.29, 0.717) is 0 Å². The van der Waals surface area contributed by atoms with E-state index < -0.39 is 0 Å². The molecule has 6 heteroatoms. The fourth-order valence-electron chi connectivity index (χ4n) is 1.74. The maximum absolute atomic E-state index is 11.9. The van der Waals surface area contributed by atoms with Crippen molar-refractivity contribution < 1.29 is 9.53 Å². The predicted molar refractivity (Wildman–Crippen MR) is 92.0 cm³/mol. The standard InChI is InChI=1S/C15H14Br2N2O2/c1-21-14-7-11(17)6-13(8-14)18-9-15(20)19-12-4-2-3-10(16)5-12/h2-8,18H,9H2,1H3,(H,19,20). The fraction of sp³-hybridized carbons (Fsp3) is 0.133. The fourth-order valence-corrected chi connectivity index (χ4v) is 2.61. The Morgan fingerprint density at radius 3 is 2.57 bits per heavy atom. The van der Waals surface area contributed by atoms with E-state index in [1.165, 1.54) is 0 Å². The monoisotopic (exact) mass is 412 g/mol. The van der Waals surface area contributed by atoms with Crippen molar-refractivity contribution in [1.29, 1.82) is 0 Å². The van der Waals surface area contributed by atoms with Crippen molar-refractivity contribution in [1.82, 2.24) is 0 Å². The Morgan fingerprint density at radius 2 is 1.86 bits per heavy atom. The van der Waals surface area contributed by atoms with Gasteiger partial charge in [-0.25, -0.2) is 0 Å². The summed E-state index contributed by atoms with van der Waals surface area (Å²) in [6.45, 7) is 0.173. The molecule has 110 valence electrons. The summed E-state index contributed by atoms with van der Waals surface area (Å²) in [6.07, 6.45) is 0. The van der Waals surface area contributed by atoms with E-state index in [0.717, 1.165) is 26.1 Å². The van der Waals surface area contributed by atoms with Crippen LogP contribution >= 0.6 is 31.9 Å². The van der Waals surface area contributed by atoms with Crippen LogP contribution in [0.3, 0.4) is 0 Å². The van der Waals surface area contributed by atoms with Crippen molar-refractivity contribution in [2.45, 2.75) is 0 Å². The Kier molecular flexibility index (Phi) is 5.64. The number of hydrogen-bond donors (Lipinski definition) is 2. The van der Waals surface area contributed by atoms with Gasteiger partial charge < -0.3 is 15.4 Å². The molecule has 0 heterocycles. The maximum Gasteiger partial charge on any atom is 0.243 e. The average Bonchev–Trinajstić information content (AvgIpc) is 2.44. The van der Waals surface area contributed by atoms with Gasteiger partial charge in [-0.3, -0.25) is 4.79 Å². The van der Waals surface area contributed by atoms with Crippen molar-refractivity contribution in [3.63, 3.8) is 0 Å². The highest BCUT2D eigenvalue weighted by Gasteiger charge is 2.04. The number of methoxy groups -OCH3 is 1. The van der Waals surface area contributed by atoms with Gasteiger partial charge in [-0.2, -0.15) is 0 Å². The summed E-state index contributed by atoms with van der Waals surface area (Å²) in [6, 6.07) is 13.0. The van der Waals surface area contributed by atoms with Gasteiger partial charge in [-0.1, -0.05) is 37.9 Å². The third-order valence-electron chi connectivity index (χ3n) is 2.67. The smallest absolute Gasteiger partial charge is 0.243 e. The van der Waals surface area contributed by atoms with Crippen molar-refractivity contribution in [3.05, 3.63) is 51.4 Å². The molecule has 0 unspecified atom stereocenters. The van der Waals surface area contributed by atoms with E-state index in [1.807, 2.05) is 42.5 Å². The number of carbonyl (C=O) groups excluding carboxylic acids is 1. The van der Waals surface area contributed by atoms with E-state index in [-0.39, 0.29) is 12.5 Å². The number of carbonyl (C=O) groups is 1. The van der Waals surface area contributed by atoms with Gasteiger partial charge in [-0.15, -0.1) is 0 Å². The van der Waals surface area contributed by atoms with E-state index in [9.17, 15) is 4.79 Å². The van der Waals surface area contributed by atoms with E-state index in [2.05, 4.69) is 42.5 Å². The number of anilines is 2. The summed E-state index contributed by atoms with van der Waals surface area (Å²) in [5.74, 6) is 0.603. The summed E-state index contributed by atoms with van der Waals surface area (Å²) in [7, 11) is 1.60. The lowest BCUT2D eigenvalue weighted by molar-refractivity contribution is -0.114. The Morgan fingerprint density at radius 1 is 1.10 bits per heavy atom. The molecular formula is C15H14Br2N2O2. The highest BCUT2D eigenvalue weighted by molar-refractivity contribution is 9.10. The zero-order valence-electron chi connectivity index (χ0n) is 11.3. The van der Waals surface area contributed by atoms with Crippen LogP contribution in [0.15, 0.2) is 51.4 Å². The molecule has 0 bridgehead atoms. The number of ether oxygens (including phenoxy) is 1. The topological polar surface area (TPSA) is 50.4 Å². The first kappa shape index (κ1) is 15.9. The van der Waals surface area contributed by atoms with Crippen LogP contribution in [0.2, 0.25) is 0 Å². The van der Waals surface area contributed by atoms with Crippen molar-refractivity contribution in [2.75, 3.05) is 24.3 Å². The summed E-state index contributed by atoms with van der Waals surface area (Å²) in [5, 5.41) is 5.88. The van der Waals surface area contributed by atoms with Gasteiger partial charge in [0, 0.05) is 26.4 Å². The van der Waals surface area contributed by atoms with Gasteiger partial charge in [0.25, 0.3) is 0 Å². The first-order chi connectivity index (χ1) is 10.1. The Hall–Kier alpha value is -1.53. The number of benzene rings is 2. The molecule has 0 aromatic heterocycles. The molecule has 0 aliphatic heterocycles. The highest BCUT2D eigenvalue weighted by Crippen LogP contribution is 2.24. The first-order valence-electron chi connectivity index (χ1n) is 6.20. The van der Waals surface area contributed by atoms with Gasteiger partial charge in [0.1, 0.15) is 5.75 Å². The molecule has 2 aromatic rings. The van der Waals surface area contributed by atoms with Crippen LogP contribution in [-0.4, -0.2) is 19.6 Å². The lowest BCUT2D eigenvalue weighted by Gasteiger charge is -2.10. The van der Waals surface area contributed by atoms with E-state index >= 15 is 0 Å². The van der Waals surface area contributed by atoms with Crippen molar-refractivity contribution in [3.8, 4) is 5.75 Å². The molecule has 0 radical (unpaired) electrons. The second-order valence-corrected chi connectivity index (χ2v) is 6.12. The number of halogens is 2. The second-order valence-electron chi connectivity index (χ2n) is 4.29. The van der Waals surface area contributed by atoms with Crippen LogP contribution in [0.4, 0.5) is 11.4 Å². The van der Waals surface area contributed by atoms with Gasteiger partial charge in [0.15, 0.2) is 0 Å². The molecule has 0 saturated heterocycles. The summed E-state index contributed by atoms with van der Waals surface area (Å²) in [4.78, 5) is 11.9. The predicted octanol–water partition coefficient (Wildman–Crippen LogP) is 4.27. The van der Waals surface area contributed by atoms with Gasteiger partial charge in [0.2, 0.25) is 5.91 Å². The van der Waals surface area contributed by atoms with Crippen LogP contribution in [0, 0.1) is 0 Å². The molecule has 0 spiro atoms. The van der Waals surface area contributed by atoms with E-state index in [4.69, 9.17) is 4.74 Å². The lowest BCUT2D eigenvalue weighted by atomic mass is 10.3. The van der Waals surface area contributed by atoms with Crippen LogP contribution in [0.5, 0.6) is 5.75 Å². The molecule has 2 N–H and O–H groups in total. The van der Waals surface area contributed by atoms with Gasteiger partial charge in [0.05, 0.1) is 13.7 Å². The molecule has 0 saturated carbocycles. The Labute approximate surface area is 140 Å². The van der Waals surface area contributed by atoms with Crippen LogP contribution < -0.4 is 15.4 Å². The summed E-state index contributed by atoms with van der Waals surface area (Å²) >= 11 is 6.76. The molecule has 0 aliphatic carbocycles. The minimum atomic E-state index is -0.118. The normalized spacial score (nSPS) is 10.0. The Bertz CT molecular complexity index is 647. The zero-order valence-corrected chi connectivity index (χ0v) is 14.5. The SMILES string of the molecule is COc1cc(Br)cc(NCC(=O)Nc2cccc(Br)c2)c1. The maximum atomic E-state index is 11.9. The number of amides is 1. The average molecular weight is 414 g/mol. The minimum Gasteiger partial charge on any atom is -0.497 e. The van der Waals surface area contributed by atoms with E-state index in [1.54, 1.807) is 7.11 Å². The largest absolute Gasteiger partial charge is 0.497 e. The van der Waals surface area contributed by atoms with Crippen LogP contribution in [-0.2, 0) is 4.79 Å². The molecule has 4 nitrogen and oxygen atoms in total. The molecular weight excluding hydrogens is 400 g/mol. The molecule has 21 heavy (non-hydrogen) atoms. The molecule has 2 aromatic carbocycles. The zero-order chi connectivity index (χ0) is 15.2. The summed E-state index contributed by atoms with van der Waals surface area (Å²) < 4.78 is 6.98. The van der Waals surface area contributed by atoms with Gasteiger partial charge in [-0.05, 0) is 30.3 Å². The van der Waals surface area contributed by atoms with Crippen molar-refractivity contribution in [2.24, 2.45) is 0 Å². The Balaban J connectivity index is 1.93. The molecule has 0 aliphatic rings. The van der Waals surface area contributed by atoms with Gasteiger partial charge >= 0.3 is 0 Å². The highest BCUT2D eigenvalue weighted by atomic mass is 79.9. The van der Waals surface area contributed by atoms with Crippen molar-refractivity contribution >= 4 is 49.1 Å². The van der Waals surface area contributed by atoms with Crippen LogP contribution in [0.25, 0.3) is 0 Å². The molecule has 2 rings (SSSR count). The molecule has 0 fully saturated rings. The number of rotatable bonds is 5. The quantitative estimate of drug-likeness (QED) is 0.769. The van der Waals surface area contributed by atoms with Crippen LogP contribution in [0.1, 0.15) is 0 Å². The molecule has 1 amide bonds. The lowest BCUT2D eigenvalue weighted by Crippen LogP contribution is -2.21. The minimum absolute atomic E-state index is 0.118. The molecule has 0 atom stereocenters. The first-order valence-corrected chi connectivity index (χ1v) is 7.79. The number of hydrogen-bond acceptors (Lipinski definition) is 3. The summed E-state index contributed by atoms with van der Waals surface area (Å²) in [5.41, 5.74) is 1.56. The third-order valence-corrected chi connectivity index (χ3v) is 3.62. The second kappa shape index (κ2) is 7.47. The third kappa shape index (κ3) is 5.06. The number of nitrogens with one attached hydrogen (secondary N) is 2.